The average molecular weight is 248 g/mol. The van der Waals surface area contributed by atoms with Gasteiger partial charge in [0, 0.05) is 23.2 Å². The molecule has 2 atom stereocenters. The van der Waals surface area contributed by atoms with Gasteiger partial charge in [0.2, 0.25) is 0 Å². The van der Waals surface area contributed by atoms with Crippen molar-refractivity contribution < 1.29 is 14.7 Å². The van der Waals surface area contributed by atoms with Gasteiger partial charge in [0.1, 0.15) is 5.78 Å². The van der Waals surface area contributed by atoms with Crippen molar-refractivity contribution in [1.29, 1.82) is 0 Å². The maximum atomic E-state index is 11.8. The van der Waals surface area contributed by atoms with Crippen LogP contribution in [0.4, 0.5) is 0 Å². The summed E-state index contributed by atoms with van der Waals surface area (Å²) >= 11 is 3.54. The maximum Gasteiger partial charge on any atom is 0.303 e. The van der Waals surface area contributed by atoms with Crippen LogP contribution >= 0.6 is 23.5 Å². The summed E-state index contributed by atoms with van der Waals surface area (Å²) in [5.41, 5.74) is 0. The van der Waals surface area contributed by atoms with Crippen molar-refractivity contribution in [2.45, 2.75) is 36.7 Å². The van der Waals surface area contributed by atoms with E-state index < -0.39 is 5.97 Å². The molecule has 1 aliphatic heterocycles. The van der Waals surface area contributed by atoms with Crippen molar-refractivity contribution in [1.82, 2.24) is 0 Å². The van der Waals surface area contributed by atoms with E-state index in [1.807, 2.05) is 11.8 Å². The quantitative estimate of drug-likeness (QED) is 0.807. The van der Waals surface area contributed by atoms with Gasteiger partial charge < -0.3 is 5.11 Å². The fourth-order valence-corrected chi connectivity index (χ4v) is 4.64. The first-order valence-corrected chi connectivity index (χ1v) is 7.22. The molecule has 0 bridgehead atoms. The molecule has 0 aromatic carbocycles. The number of hydrogen-bond donors (Lipinski definition) is 1. The highest BCUT2D eigenvalue weighted by Gasteiger charge is 2.30. The zero-order valence-electron chi connectivity index (χ0n) is 8.77. The van der Waals surface area contributed by atoms with E-state index in [9.17, 15) is 9.59 Å². The Morgan fingerprint density at radius 1 is 1.27 bits per heavy atom. The molecule has 0 aliphatic carbocycles. The van der Waals surface area contributed by atoms with Gasteiger partial charge in [-0.1, -0.05) is 6.92 Å². The van der Waals surface area contributed by atoms with Crippen LogP contribution in [-0.2, 0) is 9.59 Å². The lowest BCUT2D eigenvalue weighted by molar-refractivity contribution is -0.138. The van der Waals surface area contributed by atoms with E-state index in [4.69, 9.17) is 5.11 Å². The second-order valence-corrected chi connectivity index (χ2v) is 6.07. The zero-order chi connectivity index (χ0) is 11.3. The molecule has 0 aromatic heterocycles. The van der Waals surface area contributed by atoms with Crippen molar-refractivity contribution in [2.24, 2.45) is 0 Å². The molecule has 2 unspecified atom stereocenters. The summed E-state index contributed by atoms with van der Waals surface area (Å²) < 4.78 is 0. The highest BCUT2D eigenvalue weighted by atomic mass is 32.2. The summed E-state index contributed by atoms with van der Waals surface area (Å²) in [7, 11) is 0. The molecule has 1 saturated heterocycles. The predicted molar refractivity (Wildman–Crippen MR) is 64.7 cm³/mol. The highest BCUT2D eigenvalue weighted by molar-refractivity contribution is 8.07. The van der Waals surface area contributed by atoms with Crippen molar-refractivity contribution in [3.05, 3.63) is 0 Å². The molecule has 0 amide bonds. The SMILES string of the molecule is CCC1SCCSC1C(=O)CCC(=O)O. The van der Waals surface area contributed by atoms with Crippen LogP contribution in [0.1, 0.15) is 26.2 Å². The van der Waals surface area contributed by atoms with E-state index in [0.717, 1.165) is 17.9 Å². The predicted octanol–water partition coefficient (Wildman–Crippen LogP) is 2.05. The third-order valence-electron chi connectivity index (χ3n) is 2.36. The Kier molecular flexibility index (Phi) is 5.53. The van der Waals surface area contributed by atoms with Crippen LogP contribution in [0.5, 0.6) is 0 Å². The Morgan fingerprint density at radius 3 is 2.53 bits per heavy atom. The first kappa shape index (κ1) is 12.9. The molecule has 1 heterocycles. The van der Waals surface area contributed by atoms with Crippen molar-refractivity contribution in [3.63, 3.8) is 0 Å². The van der Waals surface area contributed by atoms with Crippen LogP contribution in [0.25, 0.3) is 0 Å². The number of hydrogen-bond acceptors (Lipinski definition) is 4. The number of Topliss-reactive ketones (excluding diaryl/α,β-unsaturated/α-hetero) is 1. The number of carbonyl (C=O) groups excluding carboxylic acids is 1. The Morgan fingerprint density at radius 2 is 1.93 bits per heavy atom. The van der Waals surface area contributed by atoms with Gasteiger partial charge in [-0.15, -0.1) is 11.8 Å². The maximum absolute atomic E-state index is 11.8. The summed E-state index contributed by atoms with van der Waals surface area (Å²) in [6.07, 6.45) is 1.14. The van der Waals surface area contributed by atoms with Gasteiger partial charge in [0.25, 0.3) is 0 Å². The summed E-state index contributed by atoms with van der Waals surface area (Å²) in [6.45, 7) is 2.08. The van der Waals surface area contributed by atoms with Crippen LogP contribution in [0, 0.1) is 0 Å². The minimum Gasteiger partial charge on any atom is -0.481 e. The molecular formula is C10H16O3S2. The number of carboxylic acid groups (broad SMARTS) is 1. The van der Waals surface area contributed by atoms with Gasteiger partial charge in [-0.25, -0.2) is 0 Å². The number of ketones is 1. The lowest BCUT2D eigenvalue weighted by Gasteiger charge is -2.28. The zero-order valence-corrected chi connectivity index (χ0v) is 10.4. The molecule has 1 N–H and O–H groups in total. The summed E-state index contributed by atoms with van der Waals surface area (Å²) in [4.78, 5) is 22.1. The molecule has 1 rings (SSSR count). The van der Waals surface area contributed by atoms with Crippen LogP contribution in [-0.4, -0.2) is 38.9 Å². The number of carboxylic acids is 1. The summed E-state index contributed by atoms with van der Waals surface area (Å²) in [5, 5.41) is 8.92. The van der Waals surface area contributed by atoms with E-state index in [-0.39, 0.29) is 23.9 Å². The lowest BCUT2D eigenvalue weighted by Crippen LogP contribution is -2.32. The number of thioether (sulfide) groups is 2. The monoisotopic (exact) mass is 248 g/mol. The smallest absolute Gasteiger partial charge is 0.303 e. The van der Waals surface area contributed by atoms with E-state index in [1.54, 1.807) is 11.8 Å². The Labute approximate surface area is 98.4 Å². The minimum absolute atomic E-state index is 0.0214. The van der Waals surface area contributed by atoms with Gasteiger partial charge >= 0.3 is 5.97 Å². The van der Waals surface area contributed by atoms with Crippen molar-refractivity contribution in [3.8, 4) is 0 Å². The third kappa shape index (κ3) is 4.07. The van der Waals surface area contributed by atoms with Crippen LogP contribution in [0.15, 0.2) is 0 Å². The lowest BCUT2D eigenvalue weighted by atomic mass is 10.1. The average Bonchev–Trinajstić information content (AvgIpc) is 2.25. The molecule has 1 aliphatic rings. The fraction of sp³-hybridized carbons (Fsp3) is 0.800. The third-order valence-corrected chi connectivity index (χ3v) is 5.65. The molecule has 0 radical (unpaired) electrons. The first-order chi connectivity index (χ1) is 7.15. The van der Waals surface area contributed by atoms with Crippen molar-refractivity contribution >= 4 is 35.3 Å². The molecule has 5 heteroatoms. The van der Waals surface area contributed by atoms with Gasteiger partial charge in [-0.3, -0.25) is 9.59 Å². The van der Waals surface area contributed by atoms with E-state index in [2.05, 4.69) is 6.92 Å². The normalized spacial score (nSPS) is 26.2. The molecule has 1 fully saturated rings. The highest BCUT2D eigenvalue weighted by Crippen LogP contribution is 2.34. The second kappa shape index (κ2) is 6.43. The van der Waals surface area contributed by atoms with E-state index in [0.29, 0.717) is 5.25 Å². The number of aliphatic carboxylic acids is 1. The molecule has 0 aromatic rings. The van der Waals surface area contributed by atoms with Crippen LogP contribution in [0.2, 0.25) is 0 Å². The molecule has 0 spiro atoms. The van der Waals surface area contributed by atoms with Gasteiger partial charge in [0.05, 0.1) is 11.7 Å². The number of rotatable bonds is 5. The second-order valence-electron chi connectivity index (χ2n) is 3.47. The standard InChI is InChI=1S/C10H16O3S2/c1-2-8-10(15-6-5-14-8)7(11)3-4-9(12)13/h8,10H,2-6H2,1H3,(H,12,13). The Hall–Kier alpha value is -0.160. The summed E-state index contributed by atoms with van der Waals surface area (Å²) in [6, 6.07) is 0. The Bertz CT molecular complexity index is 243. The van der Waals surface area contributed by atoms with Gasteiger partial charge in [0.15, 0.2) is 0 Å². The molecule has 86 valence electrons. The number of carbonyl (C=O) groups is 2. The van der Waals surface area contributed by atoms with Crippen LogP contribution < -0.4 is 0 Å². The van der Waals surface area contributed by atoms with Crippen molar-refractivity contribution in [2.75, 3.05) is 11.5 Å². The van der Waals surface area contributed by atoms with E-state index in [1.165, 1.54) is 0 Å². The summed E-state index contributed by atoms with van der Waals surface area (Å²) in [5.74, 6) is 1.34. The van der Waals surface area contributed by atoms with Gasteiger partial charge in [-0.2, -0.15) is 11.8 Å². The van der Waals surface area contributed by atoms with Gasteiger partial charge in [-0.05, 0) is 6.42 Å². The first-order valence-electron chi connectivity index (χ1n) is 5.13. The minimum atomic E-state index is -0.884. The van der Waals surface area contributed by atoms with Crippen LogP contribution in [0.3, 0.4) is 0 Å². The van der Waals surface area contributed by atoms with E-state index >= 15 is 0 Å². The Balaban J connectivity index is 2.44. The largest absolute Gasteiger partial charge is 0.481 e. The molecular weight excluding hydrogens is 232 g/mol. The molecule has 15 heavy (non-hydrogen) atoms. The molecule has 3 nitrogen and oxygen atoms in total. The topological polar surface area (TPSA) is 54.4 Å². The molecule has 0 saturated carbocycles. The fourth-order valence-electron chi connectivity index (χ4n) is 1.57.